The van der Waals surface area contributed by atoms with E-state index >= 15 is 0 Å². The first-order chi connectivity index (χ1) is 13.7. The number of hydrogen-bond acceptors (Lipinski definition) is 6. The van der Waals surface area contributed by atoms with Crippen molar-refractivity contribution in [2.24, 2.45) is 14.1 Å². The Morgan fingerprint density at radius 1 is 1.00 bits per heavy atom. The van der Waals surface area contributed by atoms with Crippen LogP contribution < -0.4 is 10.6 Å². The van der Waals surface area contributed by atoms with Crippen LogP contribution in [-0.4, -0.2) is 50.5 Å². The monoisotopic (exact) mass is 401 g/mol. The molecule has 2 aromatic rings. The van der Waals surface area contributed by atoms with E-state index in [0.29, 0.717) is 30.2 Å². The van der Waals surface area contributed by atoms with Crippen molar-refractivity contribution >= 4 is 28.9 Å². The molecule has 0 fully saturated rings. The van der Waals surface area contributed by atoms with E-state index in [9.17, 15) is 19.2 Å². The highest BCUT2D eigenvalue weighted by Crippen LogP contribution is 2.13. The first kappa shape index (κ1) is 22.1. The number of aryl methyl sites for hydroxylation is 2. The van der Waals surface area contributed by atoms with Gasteiger partial charge in [0.15, 0.2) is 11.6 Å². The van der Waals surface area contributed by atoms with Crippen molar-refractivity contribution in [3.63, 3.8) is 0 Å². The molecule has 2 aromatic heterocycles. The van der Waals surface area contributed by atoms with E-state index in [4.69, 9.17) is 0 Å². The molecule has 0 bridgehead atoms. The lowest BCUT2D eigenvalue weighted by Crippen LogP contribution is -2.27. The smallest absolute Gasteiger partial charge is 0.267 e. The standard InChI is InChI=1S/C20H27N5O4/c1-13(26)5-7-21-15-10-18(24(3)11-15)20(29)22-8-6-17(28)9-16-12-25(4)19(23-16)14(2)27/h10-12,21H,5-9H2,1-4H3,(H,22,29). The Bertz CT molecular complexity index is 925. The fraction of sp³-hybridized carbons (Fsp3) is 0.450. The number of carbonyl (C=O) groups is 4. The molecule has 29 heavy (non-hydrogen) atoms. The zero-order chi connectivity index (χ0) is 21.6. The summed E-state index contributed by atoms with van der Waals surface area (Å²) in [6, 6.07) is 1.70. The fourth-order valence-corrected chi connectivity index (χ4v) is 2.91. The van der Waals surface area contributed by atoms with E-state index in [1.165, 1.54) is 13.8 Å². The summed E-state index contributed by atoms with van der Waals surface area (Å²) in [4.78, 5) is 51.1. The summed E-state index contributed by atoms with van der Waals surface area (Å²) in [5, 5.41) is 5.84. The van der Waals surface area contributed by atoms with E-state index in [1.807, 2.05) is 0 Å². The van der Waals surface area contributed by atoms with Crippen molar-refractivity contribution in [2.45, 2.75) is 33.1 Å². The number of nitrogens with zero attached hydrogens (tertiary/aromatic N) is 3. The Kier molecular flexibility index (Phi) is 7.46. The van der Waals surface area contributed by atoms with Crippen LogP contribution >= 0.6 is 0 Å². The number of amides is 1. The van der Waals surface area contributed by atoms with Gasteiger partial charge in [-0.25, -0.2) is 4.98 Å². The number of imidazole rings is 1. The quantitative estimate of drug-likeness (QED) is 0.548. The van der Waals surface area contributed by atoms with Gasteiger partial charge >= 0.3 is 0 Å². The molecule has 0 aliphatic carbocycles. The number of aromatic nitrogens is 3. The number of carbonyl (C=O) groups excluding carboxylic acids is 4. The number of rotatable bonds is 11. The molecule has 0 saturated carbocycles. The van der Waals surface area contributed by atoms with Crippen molar-refractivity contribution in [1.82, 2.24) is 19.4 Å². The van der Waals surface area contributed by atoms with Gasteiger partial charge in [0.25, 0.3) is 5.91 Å². The lowest BCUT2D eigenvalue weighted by molar-refractivity contribution is -0.118. The van der Waals surface area contributed by atoms with Crippen LogP contribution in [0.2, 0.25) is 0 Å². The zero-order valence-corrected chi connectivity index (χ0v) is 17.2. The molecule has 0 aliphatic rings. The molecule has 9 nitrogen and oxygen atoms in total. The second-order valence-electron chi connectivity index (χ2n) is 7.05. The van der Waals surface area contributed by atoms with Crippen LogP contribution in [0.25, 0.3) is 0 Å². The molecule has 1 amide bonds. The lowest BCUT2D eigenvalue weighted by atomic mass is 10.2. The molecule has 2 rings (SSSR count). The van der Waals surface area contributed by atoms with Gasteiger partial charge in [0.1, 0.15) is 17.3 Å². The van der Waals surface area contributed by atoms with Crippen molar-refractivity contribution in [3.8, 4) is 0 Å². The van der Waals surface area contributed by atoms with Gasteiger partial charge < -0.3 is 19.8 Å². The van der Waals surface area contributed by atoms with E-state index in [-0.39, 0.29) is 42.6 Å². The van der Waals surface area contributed by atoms with Gasteiger partial charge in [-0.15, -0.1) is 0 Å². The van der Waals surface area contributed by atoms with E-state index in [2.05, 4.69) is 15.6 Å². The summed E-state index contributed by atoms with van der Waals surface area (Å²) in [7, 11) is 3.46. The van der Waals surface area contributed by atoms with Gasteiger partial charge in [-0.2, -0.15) is 0 Å². The summed E-state index contributed by atoms with van der Waals surface area (Å²) < 4.78 is 3.29. The van der Waals surface area contributed by atoms with Crippen molar-refractivity contribution in [3.05, 3.63) is 35.7 Å². The maximum Gasteiger partial charge on any atom is 0.267 e. The summed E-state index contributed by atoms with van der Waals surface area (Å²) in [5.41, 5.74) is 1.75. The minimum Gasteiger partial charge on any atom is -0.383 e. The topological polar surface area (TPSA) is 115 Å². The van der Waals surface area contributed by atoms with Crippen molar-refractivity contribution in [2.75, 3.05) is 18.4 Å². The van der Waals surface area contributed by atoms with Gasteiger partial charge in [0.05, 0.1) is 17.8 Å². The molecule has 0 atom stereocenters. The Hall–Kier alpha value is -3.23. The number of anilines is 1. The van der Waals surface area contributed by atoms with Crippen LogP contribution in [0.1, 0.15) is 53.5 Å². The van der Waals surface area contributed by atoms with Crippen LogP contribution in [0.5, 0.6) is 0 Å². The highest BCUT2D eigenvalue weighted by Gasteiger charge is 2.14. The Labute approximate surface area is 169 Å². The molecule has 2 N–H and O–H groups in total. The van der Waals surface area contributed by atoms with Crippen molar-refractivity contribution < 1.29 is 19.2 Å². The van der Waals surface area contributed by atoms with Crippen LogP contribution in [0.15, 0.2) is 18.5 Å². The summed E-state index contributed by atoms with van der Waals surface area (Å²) >= 11 is 0. The molecule has 0 saturated heterocycles. The minimum atomic E-state index is -0.281. The first-order valence-electron chi connectivity index (χ1n) is 9.40. The average Bonchev–Trinajstić information content (AvgIpc) is 3.17. The molecule has 0 aromatic carbocycles. The molecule has 0 radical (unpaired) electrons. The second kappa shape index (κ2) is 9.81. The SMILES string of the molecule is CC(=O)CCNc1cc(C(=O)NCCC(=O)Cc2cn(C)c(C(C)=O)n2)n(C)c1. The van der Waals surface area contributed by atoms with Gasteiger partial charge in [0, 0.05) is 59.3 Å². The average molecular weight is 401 g/mol. The summed E-state index contributed by atoms with van der Waals surface area (Å²) in [5.74, 6) is -0.0958. The number of nitrogens with one attached hydrogen (secondary N) is 2. The molecular formula is C20H27N5O4. The van der Waals surface area contributed by atoms with Crippen molar-refractivity contribution in [1.29, 1.82) is 0 Å². The molecule has 2 heterocycles. The molecule has 0 spiro atoms. The molecular weight excluding hydrogens is 374 g/mol. The summed E-state index contributed by atoms with van der Waals surface area (Å²) in [6.07, 6.45) is 4.14. The third kappa shape index (κ3) is 6.41. The van der Waals surface area contributed by atoms with Crippen LogP contribution in [0, 0.1) is 0 Å². The third-order valence-electron chi connectivity index (χ3n) is 4.35. The highest BCUT2D eigenvalue weighted by molar-refractivity contribution is 5.94. The van der Waals surface area contributed by atoms with E-state index < -0.39 is 0 Å². The highest BCUT2D eigenvalue weighted by atomic mass is 16.2. The maximum absolute atomic E-state index is 12.3. The number of Topliss-reactive ketones (excluding diaryl/α,β-unsaturated/α-hetero) is 3. The third-order valence-corrected chi connectivity index (χ3v) is 4.35. The fourth-order valence-electron chi connectivity index (χ4n) is 2.91. The molecule has 0 aliphatic heterocycles. The van der Waals surface area contributed by atoms with Gasteiger partial charge in [-0.3, -0.25) is 19.2 Å². The lowest BCUT2D eigenvalue weighted by Gasteiger charge is -2.05. The number of hydrogen-bond donors (Lipinski definition) is 2. The predicted molar refractivity (Wildman–Crippen MR) is 108 cm³/mol. The number of ketones is 3. The van der Waals surface area contributed by atoms with E-state index in [1.54, 1.807) is 41.7 Å². The first-order valence-corrected chi connectivity index (χ1v) is 9.40. The molecule has 0 unspecified atom stereocenters. The Balaban J connectivity index is 1.81. The predicted octanol–water partition coefficient (Wildman–Crippen LogP) is 1.28. The maximum atomic E-state index is 12.3. The van der Waals surface area contributed by atoms with Crippen LogP contribution in [-0.2, 0) is 30.1 Å². The van der Waals surface area contributed by atoms with Gasteiger partial charge in [-0.1, -0.05) is 0 Å². The largest absolute Gasteiger partial charge is 0.383 e. The minimum absolute atomic E-state index is 0.0722. The molecule has 9 heteroatoms. The van der Waals surface area contributed by atoms with Gasteiger partial charge in [-0.05, 0) is 13.0 Å². The van der Waals surface area contributed by atoms with Crippen LogP contribution in [0.3, 0.4) is 0 Å². The van der Waals surface area contributed by atoms with Gasteiger partial charge in [0.2, 0.25) is 0 Å². The second-order valence-corrected chi connectivity index (χ2v) is 7.05. The van der Waals surface area contributed by atoms with E-state index in [0.717, 1.165) is 5.69 Å². The Morgan fingerprint density at radius 2 is 1.72 bits per heavy atom. The Morgan fingerprint density at radius 3 is 2.34 bits per heavy atom. The molecule has 156 valence electrons. The van der Waals surface area contributed by atoms with Crippen LogP contribution in [0.4, 0.5) is 5.69 Å². The summed E-state index contributed by atoms with van der Waals surface area (Å²) in [6.45, 7) is 3.68. The zero-order valence-electron chi connectivity index (χ0n) is 17.2. The normalized spacial score (nSPS) is 10.6.